The van der Waals surface area contributed by atoms with Crippen LogP contribution in [0.25, 0.3) is 0 Å². The highest BCUT2D eigenvalue weighted by molar-refractivity contribution is 14.0. The first-order valence-corrected chi connectivity index (χ1v) is 9.26. The number of hydrogen-bond acceptors (Lipinski definition) is 5. The Hall–Kier alpha value is -2.50. The smallest absolute Gasteiger partial charge is 0.387 e. The molecule has 0 aliphatic carbocycles. The highest BCUT2D eigenvalue weighted by atomic mass is 127. The lowest BCUT2D eigenvalue weighted by Crippen LogP contribution is -2.37. The van der Waals surface area contributed by atoms with Gasteiger partial charge in [-0.2, -0.15) is 8.78 Å². The van der Waals surface area contributed by atoms with Gasteiger partial charge < -0.3 is 30.2 Å². The van der Waals surface area contributed by atoms with E-state index in [1.807, 2.05) is 30.3 Å². The first-order valence-electron chi connectivity index (χ1n) is 9.26. The largest absolute Gasteiger partial charge is 0.454 e. The number of nitrogens with zero attached hydrogens (tertiary/aromatic N) is 1. The molecule has 1 aliphatic heterocycles. The third-order valence-electron chi connectivity index (χ3n) is 4.19. The summed E-state index contributed by atoms with van der Waals surface area (Å²) < 4.78 is 40.6. The predicted molar refractivity (Wildman–Crippen MR) is 122 cm³/mol. The van der Waals surface area contributed by atoms with Crippen molar-refractivity contribution < 1.29 is 23.0 Å². The maximum atomic E-state index is 12.7. The van der Waals surface area contributed by atoms with Gasteiger partial charge in [0.1, 0.15) is 5.75 Å². The molecule has 2 aromatic carbocycles. The van der Waals surface area contributed by atoms with Crippen LogP contribution in [0.4, 0.5) is 14.5 Å². The molecule has 0 atom stereocenters. The van der Waals surface area contributed by atoms with Gasteiger partial charge in [-0.25, -0.2) is 0 Å². The van der Waals surface area contributed by atoms with Crippen molar-refractivity contribution in [2.45, 2.75) is 19.6 Å². The minimum atomic E-state index is -2.93. The van der Waals surface area contributed by atoms with Crippen LogP contribution in [0.3, 0.4) is 0 Å². The zero-order valence-electron chi connectivity index (χ0n) is 16.5. The molecule has 7 nitrogen and oxygen atoms in total. The average Bonchev–Trinajstić information content (AvgIpc) is 3.17. The molecule has 0 unspecified atom stereocenters. The van der Waals surface area contributed by atoms with Gasteiger partial charge in [-0.1, -0.05) is 18.2 Å². The van der Waals surface area contributed by atoms with Gasteiger partial charge in [-0.3, -0.25) is 4.99 Å². The normalized spacial score (nSPS) is 12.3. The van der Waals surface area contributed by atoms with Crippen LogP contribution in [0.2, 0.25) is 0 Å². The van der Waals surface area contributed by atoms with Gasteiger partial charge in [-0.15, -0.1) is 24.0 Å². The van der Waals surface area contributed by atoms with Crippen molar-refractivity contribution in [2.24, 2.45) is 4.99 Å². The van der Waals surface area contributed by atoms with E-state index < -0.39 is 6.61 Å². The molecule has 30 heavy (non-hydrogen) atoms. The molecular weight excluding hydrogens is 509 g/mol. The summed E-state index contributed by atoms with van der Waals surface area (Å²) in [5.74, 6) is 1.49. The van der Waals surface area contributed by atoms with Crippen molar-refractivity contribution in [1.29, 1.82) is 0 Å². The number of alkyl halides is 2. The van der Waals surface area contributed by atoms with Gasteiger partial charge in [0.25, 0.3) is 0 Å². The molecule has 0 saturated carbocycles. The van der Waals surface area contributed by atoms with Gasteiger partial charge in [0.15, 0.2) is 17.5 Å². The third kappa shape index (κ3) is 7.08. The third-order valence-corrected chi connectivity index (χ3v) is 4.19. The van der Waals surface area contributed by atoms with Crippen molar-refractivity contribution in [2.75, 3.05) is 32.2 Å². The van der Waals surface area contributed by atoms with Gasteiger partial charge in [0.2, 0.25) is 6.79 Å². The fraction of sp³-hybridized carbons (Fsp3) is 0.350. The monoisotopic (exact) mass is 534 g/mol. The Morgan fingerprint density at radius 2 is 1.83 bits per heavy atom. The van der Waals surface area contributed by atoms with Crippen molar-refractivity contribution in [3.63, 3.8) is 0 Å². The molecule has 3 N–H and O–H groups in total. The predicted octanol–water partition coefficient (Wildman–Crippen LogP) is 3.80. The Morgan fingerprint density at radius 3 is 2.53 bits per heavy atom. The van der Waals surface area contributed by atoms with Crippen LogP contribution < -0.4 is 30.2 Å². The van der Waals surface area contributed by atoms with Gasteiger partial charge in [0.05, 0.1) is 0 Å². The first-order chi connectivity index (χ1) is 14.2. The van der Waals surface area contributed by atoms with E-state index in [2.05, 4.69) is 25.7 Å². The van der Waals surface area contributed by atoms with E-state index in [-0.39, 0.29) is 43.1 Å². The summed E-state index contributed by atoms with van der Waals surface area (Å²) >= 11 is 0. The second-order valence-corrected chi connectivity index (χ2v) is 6.19. The molecule has 3 rings (SSSR count). The molecule has 164 valence electrons. The van der Waals surface area contributed by atoms with Crippen LogP contribution in [0.15, 0.2) is 47.5 Å². The number of aliphatic imine (C=N–C) groups is 1. The summed E-state index contributed by atoms with van der Waals surface area (Å²) in [5.41, 5.74) is 1.59. The lowest BCUT2D eigenvalue weighted by molar-refractivity contribution is -0.0505. The number of benzene rings is 2. The lowest BCUT2D eigenvalue weighted by Gasteiger charge is -2.15. The number of guanidine groups is 1. The van der Waals surface area contributed by atoms with Crippen LogP contribution in [0.1, 0.15) is 12.0 Å². The highest BCUT2D eigenvalue weighted by Crippen LogP contribution is 2.38. The van der Waals surface area contributed by atoms with Crippen LogP contribution in [-0.2, 0) is 6.54 Å². The van der Waals surface area contributed by atoms with Crippen LogP contribution in [0, 0.1) is 0 Å². The Kier molecular flexibility index (Phi) is 9.71. The summed E-state index contributed by atoms with van der Waals surface area (Å²) in [5, 5.41) is 9.62. The van der Waals surface area contributed by atoms with Crippen molar-refractivity contribution in [3.05, 3.63) is 48.0 Å². The number of ether oxygens (including phenoxy) is 3. The van der Waals surface area contributed by atoms with E-state index in [1.165, 1.54) is 6.07 Å². The topological polar surface area (TPSA) is 76.1 Å². The molecule has 1 heterocycles. The van der Waals surface area contributed by atoms with Crippen molar-refractivity contribution in [3.8, 4) is 17.2 Å². The molecule has 2 aromatic rings. The summed E-state index contributed by atoms with van der Waals surface area (Å²) in [4.78, 5) is 4.15. The second-order valence-electron chi connectivity index (χ2n) is 6.19. The first kappa shape index (κ1) is 23.8. The molecule has 0 bridgehead atoms. The average molecular weight is 534 g/mol. The van der Waals surface area contributed by atoms with Crippen LogP contribution in [-0.4, -0.2) is 39.5 Å². The van der Waals surface area contributed by atoms with Crippen LogP contribution >= 0.6 is 24.0 Å². The minimum absolute atomic E-state index is 0. The van der Waals surface area contributed by atoms with E-state index in [9.17, 15) is 8.78 Å². The molecule has 10 heteroatoms. The zero-order chi connectivity index (χ0) is 20.5. The maximum absolute atomic E-state index is 12.7. The van der Waals surface area contributed by atoms with E-state index in [1.54, 1.807) is 13.1 Å². The molecular formula is C20H25F2IN4O3. The molecule has 0 amide bonds. The quantitative estimate of drug-likeness (QED) is 0.197. The van der Waals surface area contributed by atoms with Crippen molar-refractivity contribution >= 4 is 35.6 Å². The van der Waals surface area contributed by atoms with E-state index in [0.29, 0.717) is 29.6 Å². The number of fused-ring (bicyclic) bond motifs is 1. The standard InChI is InChI=1S/C20H24F2N4O3.HI/c1-23-20(25-9-5-8-24-15-6-3-2-4-7-15)26-12-14-10-17-18(28-13-27-17)11-16(14)29-19(21)22;/h2-4,6-7,10-11,19,24H,5,8-9,12-13H2,1H3,(H2,23,25,26);1H. The number of anilines is 1. The molecule has 0 saturated heterocycles. The molecule has 1 aliphatic rings. The molecule has 0 radical (unpaired) electrons. The Bertz CT molecular complexity index is 825. The fourth-order valence-corrected chi connectivity index (χ4v) is 2.79. The summed E-state index contributed by atoms with van der Waals surface area (Å²) in [7, 11) is 1.65. The van der Waals surface area contributed by atoms with Gasteiger partial charge in [-0.05, 0) is 24.6 Å². The minimum Gasteiger partial charge on any atom is -0.454 e. The Labute approximate surface area is 191 Å². The zero-order valence-corrected chi connectivity index (χ0v) is 18.8. The number of rotatable bonds is 9. The number of halogens is 3. The molecule has 0 aromatic heterocycles. The fourth-order valence-electron chi connectivity index (χ4n) is 2.79. The number of hydrogen-bond donors (Lipinski definition) is 3. The Morgan fingerprint density at radius 1 is 1.10 bits per heavy atom. The molecule has 0 spiro atoms. The number of para-hydroxylation sites is 1. The Balaban J connectivity index is 0.00000320. The second kappa shape index (κ2) is 12.3. The maximum Gasteiger partial charge on any atom is 0.387 e. The van der Waals surface area contributed by atoms with Gasteiger partial charge >= 0.3 is 6.61 Å². The highest BCUT2D eigenvalue weighted by Gasteiger charge is 2.20. The molecule has 0 fully saturated rings. The van der Waals surface area contributed by atoms with E-state index in [4.69, 9.17) is 9.47 Å². The lowest BCUT2D eigenvalue weighted by atomic mass is 10.1. The van der Waals surface area contributed by atoms with E-state index >= 15 is 0 Å². The van der Waals surface area contributed by atoms with Crippen LogP contribution in [0.5, 0.6) is 17.2 Å². The van der Waals surface area contributed by atoms with Crippen molar-refractivity contribution in [1.82, 2.24) is 10.6 Å². The summed E-state index contributed by atoms with van der Waals surface area (Å²) in [6.45, 7) is -1.13. The summed E-state index contributed by atoms with van der Waals surface area (Å²) in [6.07, 6.45) is 0.874. The number of nitrogens with one attached hydrogen (secondary N) is 3. The van der Waals surface area contributed by atoms with E-state index in [0.717, 1.165) is 18.7 Å². The SMILES string of the molecule is CN=C(NCCCNc1ccccc1)NCc1cc2c(cc1OC(F)F)OCO2.I. The summed E-state index contributed by atoms with van der Waals surface area (Å²) in [6, 6.07) is 13.0. The van der Waals surface area contributed by atoms with Gasteiger partial charge in [0, 0.05) is 44.0 Å².